The summed E-state index contributed by atoms with van der Waals surface area (Å²) in [6.45, 7) is 0.844. The van der Waals surface area contributed by atoms with E-state index in [0.717, 1.165) is 13.0 Å². The van der Waals surface area contributed by atoms with Crippen LogP contribution in [0.2, 0.25) is 0 Å². The van der Waals surface area contributed by atoms with E-state index in [2.05, 4.69) is 15.5 Å². The topological polar surface area (TPSA) is 80.4 Å². The molecule has 0 amide bonds. The van der Waals surface area contributed by atoms with Crippen LogP contribution in [0.4, 0.5) is 0 Å². The first-order valence-corrected chi connectivity index (χ1v) is 5.03. The number of rotatable bonds is 4. The van der Waals surface area contributed by atoms with Crippen molar-refractivity contribution >= 4 is 0 Å². The quantitative estimate of drug-likeness (QED) is 0.711. The van der Waals surface area contributed by atoms with Gasteiger partial charge in [0.2, 0.25) is 5.89 Å². The molecular formula is C9H15N3O3. The molecule has 6 nitrogen and oxygen atoms in total. The number of aliphatic hydroxyl groups excluding tert-OH is 1. The van der Waals surface area contributed by atoms with E-state index < -0.39 is 0 Å². The van der Waals surface area contributed by atoms with Crippen molar-refractivity contribution in [1.29, 1.82) is 0 Å². The minimum absolute atomic E-state index is 0.0394. The molecule has 0 spiro atoms. The predicted molar refractivity (Wildman–Crippen MR) is 51.2 cm³/mol. The second-order valence-electron chi connectivity index (χ2n) is 3.58. The van der Waals surface area contributed by atoms with Gasteiger partial charge >= 0.3 is 0 Å². The summed E-state index contributed by atoms with van der Waals surface area (Å²) in [5.41, 5.74) is 0. The molecule has 1 aromatic rings. The summed E-state index contributed by atoms with van der Waals surface area (Å²) >= 11 is 0. The van der Waals surface area contributed by atoms with Gasteiger partial charge in [0.25, 0.3) is 0 Å². The number of aromatic nitrogens is 2. The van der Waals surface area contributed by atoms with Crippen LogP contribution in [0.15, 0.2) is 4.52 Å². The zero-order valence-electron chi connectivity index (χ0n) is 8.64. The van der Waals surface area contributed by atoms with Gasteiger partial charge in [-0.05, 0) is 6.42 Å². The summed E-state index contributed by atoms with van der Waals surface area (Å²) < 4.78 is 10.3. The lowest BCUT2D eigenvalue weighted by atomic mass is 10.2. The SMILES string of the molecule is COC1CNC(c2nc(CCO)no2)C1. The third-order valence-electron chi connectivity index (χ3n) is 2.54. The first-order valence-electron chi connectivity index (χ1n) is 5.03. The Hall–Kier alpha value is -0.980. The van der Waals surface area contributed by atoms with Crippen molar-refractivity contribution in [2.45, 2.75) is 25.0 Å². The molecule has 1 aromatic heterocycles. The summed E-state index contributed by atoms with van der Waals surface area (Å²) in [4.78, 5) is 4.19. The number of hydrogen-bond acceptors (Lipinski definition) is 6. The van der Waals surface area contributed by atoms with E-state index in [1.54, 1.807) is 7.11 Å². The molecule has 0 aliphatic carbocycles. The third-order valence-corrected chi connectivity index (χ3v) is 2.54. The van der Waals surface area contributed by atoms with E-state index in [4.69, 9.17) is 14.4 Å². The third kappa shape index (κ3) is 2.34. The van der Waals surface area contributed by atoms with Crippen LogP contribution in [-0.2, 0) is 11.2 Å². The van der Waals surface area contributed by atoms with Gasteiger partial charge in [-0.15, -0.1) is 0 Å². The van der Waals surface area contributed by atoms with Gasteiger partial charge in [0.05, 0.1) is 18.8 Å². The Morgan fingerprint density at radius 3 is 3.20 bits per heavy atom. The van der Waals surface area contributed by atoms with Crippen molar-refractivity contribution in [1.82, 2.24) is 15.5 Å². The van der Waals surface area contributed by atoms with Gasteiger partial charge in [-0.3, -0.25) is 0 Å². The van der Waals surface area contributed by atoms with Crippen molar-refractivity contribution in [3.8, 4) is 0 Å². The molecule has 0 bridgehead atoms. The molecule has 84 valence electrons. The Morgan fingerprint density at radius 1 is 1.67 bits per heavy atom. The fourth-order valence-corrected chi connectivity index (χ4v) is 1.68. The Morgan fingerprint density at radius 2 is 2.53 bits per heavy atom. The lowest BCUT2D eigenvalue weighted by Gasteiger charge is -2.04. The van der Waals surface area contributed by atoms with Crippen molar-refractivity contribution in [3.05, 3.63) is 11.7 Å². The average Bonchev–Trinajstić information content (AvgIpc) is 2.85. The van der Waals surface area contributed by atoms with Crippen LogP contribution in [-0.4, -0.2) is 41.6 Å². The predicted octanol–water partition coefficient (Wildman–Crippen LogP) is -0.346. The first kappa shape index (κ1) is 10.5. The minimum atomic E-state index is 0.0394. The fourth-order valence-electron chi connectivity index (χ4n) is 1.68. The van der Waals surface area contributed by atoms with Crippen LogP contribution in [0.3, 0.4) is 0 Å². The average molecular weight is 213 g/mol. The number of aliphatic hydroxyl groups is 1. The largest absolute Gasteiger partial charge is 0.396 e. The lowest BCUT2D eigenvalue weighted by molar-refractivity contribution is 0.116. The monoisotopic (exact) mass is 213 g/mol. The summed E-state index contributed by atoms with van der Waals surface area (Å²) in [5, 5.41) is 15.7. The second kappa shape index (κ2) is 4.69. The van der Waals surface area contributed by atoms with Crippen molar-refractivity contribution in [2.75, 3.05) is 20.3 Å². The smallest absolute Gasteiger partial charge is 0.243 e. The van der Waals surface area contributed by atoms with Crippen LogP contribution in [0.1, 0.15) is 24.2 Å². The zero-order chi connectivity index (χ0) is 10.7. The Bertz CT molecular complexity index is 315. The number of nitrogens with zero attached hydrogens (tertiary/aromatic N) is 2. The zero-order valence-corrected chi connectivity index (χ0v) is 8.64. The van der Waals surface area contributed by atoms with E-state index in [0.29, 0.717) is 18.1 Å². The van der Waals surface area contributed by atoms with Gasteiger partial charge < -0.3 is 19.7 Å². The lowest BCUT2D eigenvalue weighted by Crippen LogP contribution is -2.16. The Balaban J connectivity index is 1.97. The Labute approximate surface area is 87.6 Å². The maximum atomic E-state index is 8.72. The molecule has 1 aliphatic heterocycles. The van der Waals surface area contributed by atoms with Crippen molar-refractivity contribution in [3.63, 3.8) is 0 Å². The summed E-state index contributed by atoms with van der Waals surface area (Å²) in [6.07, 6.45) is 1.49. The summed E-state index contributed by atoms with van der Waals surface area (Å²) in [7, 11) is 1.69. The number of methoxy groups -OCH3 is 1. The highest BCUT2D eigenvalue weighted by Gasteiger charge is 2.29. The molecular weight excluding hydrogens is 198 g/mol. The van der Waals surface area contributed by atoms with E-state index >= 15 is 0 Å². The van der Waals surface area contributed by atoms with Gasteiger partial charge in [-0.1, -0.05) is 5.16 Å². The number of nitrogens with one attached hydrogen (secondary N) is 1. The molecule has 1 aliphatic rings. The molecule has 2 unspecified atom stereocenters. The summed E-state index contributed by atoms with van der Waals surface area (Å²) in [6, 6.07) is 0.0786. The Kier molecular flexibility index (Phi) is 3.30. The molecule has 1 saturated heterocycles. The van der Waals surface area contributed by atoms with Gasteiger partial charge in [0, 0.05) is 20.1 Å². The minimum Gasteiger partial charge on any atom is -0.396 e. The molecule has 0 radical (unpaired) electrons. The first-order chi connectivity index (χ1) is 7.33. The van der Waals surface area contributed by atoms with Gasteiger partial charge in [-0.25, -0.2) is 0 Å². The number of ether oxygens (including phenoxy) is 1. The van der Waals surface area contributed by atoms with Gasteiger partial charge in [-0.2, -0.15) is 4.98 Å². The van der Waals surface area contributed by atoms with E-state index in [9.17, 15) is 0 Å². The van der Waals surface area contributed by atoms with Gasteiger partial charge in [0.15, 0.2) is 5.82 Å². The molecule has 0 saturated carbocycles. The highest BCUT2D eigenvalue weighted by atomic mass is 16.5. The molecule has 15 heavy (non-hydrogen) atoms. The van der Waals surface area contributed by atoms with Crippen LogP contribution in [0, 0.1) is 0 Å². The second-order valence-corrected chi connectivity index (χ2v) is 3.58. The molecule has 2 atom stereocenters. The van der Waals surface area contributed by atoms with Crippen LogP contribution in [0.25, 0.3) is 0 Å². The van der Waals surface area contributed by atoms with Gasteiger partial charge in [0.1, 0.15) is 0 Å². The molecule has 2 heterocycles. The normalized spacial score (nSPS) is 26.0. The van der Waals surface area contributed by atoms with Crippen LogP contribution in [0.5, 0.6) is 0 Å². The molecule has 2 N–H and O–H groups in total. The summed E-state index contributed by atoms with van der Waals surface area (Å²) in [5.74, 6) is 1.13. The van der Waals surface area contributed by atoms with Crippen molar-refractivity contribution in [2.24, 2.45) is 0 Å². The van der Waals surface area contributed by atoms with Crippen LogP contribution < -0.4 is 5.32 Å². The molecule has 6 heteroatoms. The van der Waals surface area contributed by atoms with Crippen LogP contribution >= 0.6 is 0 Å². The van der Waals surface area contributed by atoms with E-state index in [-0.39, 0.29) is 18.8 Å². The highest BCUT2D eigenvalue weighted by molar-refractivity contribution is 4.97. The molecule has 0 aromatic carbocycles. The standard InChI is InChI=1S/C9H15N3O3/c1-14-6-4-7(10-5-6)9-11-8(2-3-13)12-15-9/h6-7,10,13H,2-5H2,1H3. The van der Waals surface area contributed by atoms with Crippen molar-refractivity contribution < 1.29 is 14.4 Å². The number of hydrogen-bond donors (Lipinski definition) is 2. The van der Waals surface area contributed by atoms with E-state index in [1.807, 2.05) is 0 Å². The molecule has 1 fully saturated rings. The van der Waals surface area contributed by atoms with E-state index in [1.165, 1.54) is 0 Å². The fraction of sp³-hybridized carbons (Fsp3) is 0.778. The highest BCUT2D eigenvalue weighted by Crippen LogP contribution is 2.23. The maximum Gasteiger partial charge on any atom is 0.243 e. The molecule has 2 rings (SSSR count). The maximum absolute atomic E-state index is 8.72.